The quantitative estimate of drug-likeness (QED) is 0.355. The Bertz CT molecular complexity index is 534. The number of hydrogen-bond donors (Lipinski definition) is 0. The second kappa shape index (κ2) is 9.41. The molecule has 0 aromatic rings. The molecule has 0 spiro atoms. The standard InChI is InChI=1S/C22H32S4/c1-3-5-7-9-15-11-17-18(12-15)24-21(23-17)22-25-19-13-16(10-8-6-4-2)14-20(19)26-22/h15-16H,3-14H2,1-2H3. The van der Waals surface area contributed by atoms with Crippen molar-refractivity contribution < 1.29 is 0 Å². The minimum absolute atomic E-state index is 0.953. The summed E-state index contributed by atoms with van der Waals surface area (Å²) in [7, 11) is 0. The van der Waals surface area contributed by atoms with Gasteiger partial charge in [0, 0.05) is 19.6 Å². The van der Waals surface area contributed by atoms with Crippen molar-refractivity contribution in [1.82, 2.24) is 0 Å². The lowest BCUT2D eigenvalue weighted by Gasteiger charge is -2.14. The summed E-state index contributed by atoms with van der Waals surface area (Å²) in [6.45, 7) is 4.62. The van der Waals surface area contributed by atoms with Crippen LogP contribution in [0, 0.1) is 11.8 Å². The van der Waals surface area contributed by atoms with E-state index in [4.69, 9.17) is 0 Å². The van der Waals surface area contributed by atoms with Gasteiger partial charge < -0.3 is 0 Å². The first-order valence-electron chi connectivity index (χ1n) is 10.7. The van der Waals surface area contributed by atoms with Gasteiger partial charge in [-0.05, 0) is 50.4 Å². The van der Waals surface area contributed by atoms with Gasteiger partial charge >= 0.3 is 0 Å². The number of thioether (sulfide) groups is 4. The molecule has 2 aliphatic carbocycles. The maximum Gasteiger partial charge on any atom is 0.0700 e. The van der Waals surface area contributed by atoms with Crippen molar-refractivity contribution in [3.05, 3.63) is 28.1 Å². The highest BCUT2D eigenvalue weighted by atomic mass is 32.2. The zero-order valence-electron chi connectivity index (χ0n) is 16.3. The summed E-state index contributed by atoms with van der Waals surface area (Å²) in [5.41, 5.74) is 0. The number of unbranched alkanes of at least 4 members (excludes halogenated alkanes) is 4. The second-order valence-corrected chi connectivity index (χ2v) is 13.2. The molecule has 0 saturated carbocycles. The summed E-state index contributed by atoms with van der Waals surface area (Å²) in [6, 6.07) is 0. The zero-order valence-corrected chi connectivity index (χ0v) is 19.5. The van der Waals surface area contributed by atoms with E-state index in [1.54, 1.807) is 28.1 Å². The first-order valence-corrected chi connectivity index (χ1v) is 13.9. The lowest BCUT2D eigenvalue weighted by molar-refractivity contribution is 0.483. The van der Waals surface area contributed by atoms with E-state index in [1.807, 2.05) is 0 Å². The molecule has 4 aliphatic rings. The van der Waals surface area contributed by atoms with Gasteiger partial charge in [-0.25, -0.2) is 0 Å². The summed E-state index contributed by atoms with van der Waals surface area (Å²) in [5.74, 6) is 1.91. The van der Waals surface area contributed by atoms with Crippen LogP contribution in [-0.2, 0) is 0 Å². The molecule has 0 amide bonds. The van der Waals surface area contributed by atoms with Crippen molar-refractivity contribution in [1.29, 1.82) is 0 Å². The van der Waals surface area contributed by atoms with Crippen molar-refractivity contribution in [2.45, 2.75) is 90.9 Å². The van der Waals surface area contributed by atoms with E-state index < -0.39 is 0 Å². The molecular weight excluding hydrogens is 393 g/mol. The first-order chi connectivity index (χ1) is 12.8. The summed E-state index contributed by atoms with van der Waals surface area (Å²) in [4.78, 5) is 6.91. The van der Waals surface area contributed by atoms with Gasteiger partial charge in [0.2, 0.25) is 0 Å². The minimum atomic E-state index is 0.953. The van der Waals surface area contributed by atoms with Crippen molar-refractivity contribution in [3.63, 3.8) is 0 Å². The fourth-order valence-corrected chi connectivity index (χ4v) is 10.8. The summed E-state index contributed by atoms with van der Waals surface area (Å²) < 4.78 is 3.24. The predicted octanol–water partition coefficient (Wildman–Crippen LogP) is 9.48. The second-order valence-electron chi connectivity index (χ2n) is 8.22. The highest BCUT2D eigenvalue weighted by Crippen LogP contribution is 2.66. The molecule has 144 valence electrons. The minimum Gasteiger partial charge on any atom is -0.0846 e. The smallest absolute Gasteiger partial charge is 0.0700 e. The molecule has 0 fully saturated rings. The van der Waals surface area contributed by atoms with Crippen LogP contribution in [0.25, 0.3) is 0 Å². The van der Waals surface area contributed by atoms with Crippen LogP contribution in [0.2, 0.25) is 0 Å². The molecule has 2 heterocycles. The van der Waals surface area contributed by atoms with Crippen LogP contribution in [-0.4, -0.2) is 0 Å². The fourth-order valence-electron chi connectivity index (χ4n) is 4.47. The van der Waals surface area contributed by atoms with E-state index >= 15 is 0 Å². The molecule has 0 radical (unpaired) electrons. The van der Waals surface area contributed by atoms with Crippen LogP contribution in [0.4, 0.5) is 0 Å². The molecule has 0 unspecified atom stereocenters. The lowest BCUT2D eigenvalue weighted by Crippen LogP contribution is -1.96. The fraction of sp³-hybridized carbons (Fsp3) is 0.727. The zero-order chi connectivity index (χ0) is 17.9. The Hall–Kier alpha value is 0.620. The van der Waals surface area contributed by atoms with Gasteiger partial charge in [0.1, 0.15) is 0 Å². The average Bonchev–Trinajstić information content (AvgIpc) is 3.33. The van der Waals surface area contributed by atoms with Crippen LogP contribution in [0.3, 0.4) is 0 Å². The number of hydrogen-bond acceptors (Lipinski definition) is 4. The van der Waals surface area contributed by atoms with Gasteiger partial charge in [-0.15, -0.1) is 0 Å². The van der Waals surface area contributed by atoms with E-state index in [2.05, 4.69) is 60.9 Å². The molecular formula is C22H32S4. The molecule has 26 heavy (non-hydrogen) atoms. The van der Waals surface area contributed by atoms with Crippen LogP contribution in [0.5, 0.6) is 0 Å². The molecule has 4 heteroatoms. The van der Waals surface area contributed by atoms with Gasteiger partial charge in [0.25, 0.3) is 0 Å². The van der Waals surface area contributed by atoms with E-state index in [1.165, 1.54) is 77.0 Å². The Morgan fingerprint density at radius 3 is 1.23 bits per heavy atom. The molecule has 0 bridgehead atoms. The van der Waals surface area contributed by atoms with Gasteiger partial charge in [-0.2, -0.15) is 0 Å². The van der Waals surface area contributed by atoms with Crippen molar-refractivity contribution in [3.8, 4) is 0 Å². The Kier molecular flexibility index (Phi) is 7.21. The van der Waals surface area contributed by atoms with Crippen molar-refractivity contribution in [2.24, 2.45) is 11.8 Å². The Morgan fingerprint density at radius 1 is 0.577 bits per heavy atom. The maximum atomic E-state index is 2.31. The average molecular weight is 425 g/mol. The van der Waals surface area contributed by atoms with E-state index in [-0.39, 0.29) is 0 Å². The Morgan fingerprint density at radius 2 is 0.923 bits per heavy atom. The highest BCUT2D eigenvalue weighted by Gasteiger charge is 2.36. The third-order valence-electron chi connectivity index (χ3n) is 5.98. The molecule has 0 atom stereocenters. The normalized spacial score (nSPS) is 23.8. The summed E-state index contributed by atoms with van der Waals surface area (Å²) >= 11 is 8.53. The van der Waals surface area contributed by atoms with Crippen LogP contribution < -0.4 is 0 Å². The van der Waals surface area contributed by atoms with E-state index in [0.29, 0.717) is 0 Å². The number of allylic oxidation sites excluding steroid dienone is 4. The molecule has 0 N–H and O–H groups in total. The van der Waals surface area contributed by atoms with Gasteiger partial charge in [0.15, 0.2) is 0 Å². The molecule has 0 aromatic carbocycles. The van der Waals surface area contributed by atoms with Crippen LogP contribution >= 0.6 is 47.0 Å². The van der Waals surface area contributed by atoms with Crippen LogP contribution in [0.1, 0.15) is 90.9 Å². The third kappa shape index (κ3) is 4.60. The summed E-state index contributed by atoms with van der Waals surface area (Å²) in [5, 5.41) is 0. The monoisotopic (exact) mass is 424 g/mol. The van der Waals surface area contributed by atoms with Crippen LogP contribution in [0.15, 0.2) is 28.1 Å². The van der Waals surface area contributed by atoms with Crippen molar-refractivity contribution >= 4 is 47.0 Å². The molecule has 0 saturated heterocycles. The maximum absolute atomic E-state index is 2.31. The topological polar surface area (TPSA) is 0 Å². The Balaban J connectivity index is 1.24. The summed E-state index contributed by atoms with van der Waals surface area (Å²) in [6.07, 6.45) is 16.8. The predicted molar refractivity (Wildman–Crippen MR) is 125 cm³/mol. The van der Waals surface area contributed by atoms with Gasteiger partial charge in [-0.3, -0.25) is 0 Å². The van der Waals surface area contributed by atoms with Gasteiger partial charge in [-0.1, -0.05) is 99.4 Å². The lowest BCUT2D eigenvalue weighted by atomic mass is 9.99. The SMILES string of the molecule is CCCCCC1CC2=C(C1)SC(=C1SC3=C(CC(CCCCC)C3)S1)S2. The Labute approximate surface area is 177 Å². The molecule has 0 aromatic heterocycles. The molecule has 0 nitrogen and oxygen atoms in total. The van der Waals surface area contributed by atoms with Crippen molar-refractivity contribution in [2.75, 3.05) is 0 Å². The number of rotatable bonds is 8. The first kappa shape index (κ1) is 19.9. The highest BCUT2D eigenvalue weighted by molar-refractivity contribution is 8.34. The van der Waals surface area contributed by atoms with E-state index in [0.717, 1.165) is 11.8 Å². The molecule has 4 rings (SSSR count). The van der Waals surface area contributed by atoms with E-state index in [9.17, 15) is 0 Å². The third-order valence-corrected chi connectivity index (χ3v) is 12.0. The largest absolute Gasteiger partial charge is 0.0846 e. The molecule has 2 aliphatic heterocycles. The van der Waals surface area contributed by atoms with Gasteiger partial charge in [0.05, 0.1) is 8.47 Å².